The van der Waals surface area contributed by atoms with Crippen molar-refractivity contribution >= 4 is 17.4 Å². The molecule has 8 heteroatoms. The quantitative estimate of drug-likeness (QED) is 0.448. The van der Waals surface area contributed by atoms with Crippen LogP contribution in [-0.4, -0.2) is 39.7 Å². The summed E-state index contributed by atoms with van der Waals surface area (Å²) in [6, 6.07) is 13.6. The molecule has 1 unspecified atom stereocenters. The number of allylic oxidation sites excluding steroid dienone is 1. The topological polar surface area (TPSA) is 99.9 Å². The lowest BCUT2D eigenvalue weighted by Gasteiger charge is -2.15. The van der Waals surface area contributed by atoms with Crippen molar-refractivity contribution in [3.63, 3.8) is 0 Å². The van der Waals surface area contributed by atoms with Crippen LogP contribution in [0.1, 0.15) is 24.2 Å². The van der Waals surface area contributed by atoms with Crippen LogP contribution in [0.4, 0.5) is 0 Å². The third-order valence-corrected chi connectivity index (χ3v) is 5.08. The van der Waals surface area contributed by atoms with E-state index in [4.69, 9.17) is 15.2 Å². The number of aliphatic imine (C=N–C) groups is 1. The van der Waals surface area contributed by atoms with Crippen molar-refractivity contribution in [2.75, 3.05) is 14.2 Å². The van der Waals surface area contributed by atoms with Crippen molar-refractivity contribution < 1.29 is 9.47 Å². The number of pyridine rings is 1. The van der Waals surface area contributed by atoms with Crippen LogP contribution in [0, 0.1) is 0 Å². The second kappa shape index (κ2) is 9.30. The number of nitrogens with zero attached hydrogens (tertiary/aromatic N) is 5. The van der Waals surface area contributed by atoms with E-state index in [1.165, 1.54) is 6.33 Å². The SMILES string of the molecule is CN=C/C(=C\N)c1ccc(C(C)Oc2cc(-c3cnc4cc(OC)ccn34)ncn2)cc1. The van der Waals surface area contributed by atoms with Gasteiger partial charge < -0.3 is 15.2 Å². The van der Waals surface area contributed by atoms with Crippen LogP contribution >= 0.6 is 0 Å². The molecule has 3 heterocycles. The van der Waals surface area contributed by atoms with Gasteiger partial charge in [-0.2, -0.15) is 0 Å². The second-order valence-electron chi connectivity index (χ2n) is 7.07. The average Bonchev–Trinajstić information content (AvgIpc) is 3.26. The molecular formula is C24H24N6O2. The lowest BCUT2D eigenvalue weighted by atomic mass is 10.0. The summed E-state index contributed by atoms with van der Waals surface area (Å²) in [6.45, 7) is 1.98. The molecular weight excluding hydrogens is 404 g/mol. The minimum absolute atomic E-state index is 0.205. The normalized spacial score (nSPS) is 12.9. The zero-order valence-electron chi connectivity index (χ0n) is 18.1. The first-order valence-electron chi connectivity index (χ1n) is 10.1. The zero-order chi connectivity index (χ0) is 22.5. The van der Waals surface area contributed by atoms with E-state index in [0.717, 1.165) is 33.8 Å². The molecule has 0 spiro atoms. The van der Waals surface area contributed by atoms with Crippen LogP contribution in [0.3, 0.4) is 0 Å². The fraction of sp³-hybridized carbons (Fsp3) is 0.167. The molecule has 4 rings (SSSR count). The van der Waals surface area contributed by atoms with Gasteiger partial charge in [-0.1, -0.05) is 24.3 Å². The number of nitrogens with two attached hydrogens (primary N) is 1. The first-order valence-corrected chi connectivity index (χ1v) is 10.1. The van der Waals surface area contributed by atoms with Crippen LogP contribution in [0.15, 0.2) is 72.4 Å². The maximum Gasteiger partial charge on any atom is 0.217 e. The third kappa shape index (κ3) is 4.29. The van der Waals surface area contributed by atoms with E-state index in [-0.39, 0.29) is 6.10 Å². The van der Waals surface area contributed by atoms with Crippen molar-refractivity contribution in [3.05, 3.63) is 78.5 Å². The van der Waals surface area contributed by atoms with Crippen LogP contribution in [0.2, 0.25) is 0 Å². The summed E-state index contributed by atoms with van der Waals surface area (Å²) in [5, 5.41) is 0. The van der Waals surface area contributed by atoms with Crippen LogP contribution in [-0.2, 0) is 0 Å². The number of methoxy groups -OCH3 is 1. The second-order valence-corrected chi connectivity index (χ2v) is 7.07. The van der Waals surface area contributed by atoms with E-state index in [1.807, 2.05) is 60.0 Å². The molecule has 0 radical (unpaired) electrons. The highest BCUT2D eigenvalue weighted by Crippen LogP contribution is 2.26. The highest BCUT2D eigenvalue weighted by Gasteiger charge is 2.13. The Hall–Kier alpha value is -4.20. The third-order valence-electron chi connectivity index (χ3n) is 5.08. The summed E-state index contributed by atoms with van der Waals surface area (Å²) >= 11 is 0. The average molecular weight is 428 g/mol. The Bertz CT molecular complexity index is 1280. The molecule has 4 aromatic rings. The zero-order valence-corrected chi connectivity index (χ0v) is 18.1. The molecule has 0 fully saturated rings. The summed E-state index contributed by atoms with van der Waals surface area (Å²) < 4.78 is 13.3. The van der Waals surface area contributed by atoms with Crippen molar-refractivity contribution in [3.8, 4) is 23.0 Å². The number of hydrogen-bond acceptors (Lipinski definition) is 7. The first kappa shape index (κ1) is 21.0. The van der Waals surface area contributed by atoms with Gasteiger partial charge in [-0.25, -0.2) is 15.0 Å². The van der Waals surface area contributed by atoms with Gasteiger partial charge in [-0.05, 0) is 24.1 Å². The highest BCUT2D eigenvalue weighted by molar-refractivity contribution is 6.09. The molecule has 0 saturated carbocycles. The molecule has 1 atom stereocenters. The number of imidazole rings is 1. The molecule has 2 N–H and O–H groups in total. The van der Waals surface area contributed by atoms with Crippen molar-refractivity contribution in [1.82, 2.24) is 19.4 Å². The molecule has 1 aromatic carbocycles. The van der Waals surface area contributed by atoms with Gasteiger partial charge in [-0.15, -0.1) is 0 Å². The van der Waals surface area contributed by atoms with E-state index >= 15 is 0 Å². The summed E-state index contributed by atoms with van der Waals surface area (Å²) in [4.78, 5) is 17.2. The van der Waals surface area contributed by atoms with Crippen molar-refractivity contribution in [2.24, 2.45) is 10.7 Å². The van der Waals surface area contributed by atoms with E-state index in [1.54, 1.807) is 32.8 Å². The molecule has 0 aliphatic heterocycles. The number of hydrogen-bond donors (Lipinski definition) is 1. The van der Waals surface area contributed by atoms with Gasteiger partial charge >= 0.3 is 0 Å². The summed E-state index contributed by atoms with van der Waals surface area (Å²) in [5.41, 5.74) is 10.9. The van der Waals surface area contributed by atoms with Crippen LogP contribution < -0.4 is 15.2 Å². The number of aromatic nitrogens is 4. The minimum atomic E-state index is -0.205. The summed E-state index contributed by atoms with van der Waals surface area (Å²) in [6.07, 6.45) is 8.23. The van der Waals surface area contributed by atoms with Gasteiger partial charge in [0.15, 0.2) is 0 Å². The number of benzene rings is 1. The Balaban J connectivity index is 1.54. The lowest BCUT2D eigenvalue weighted by Crippen LogP contribution is -2.05. The van der Waals surface area contributed by atoms with E-state index in [2.05, 4.69) is 19.9 Å². The molecule has 0 bridgehead atoms. The van der Waals surface area contributed by atoms with Gasteiger partial charge in [0.25, 0.3) is 0 Å². The molecule has 3 aromatic heterocycles. The fourth-order valence-corrected chi connectivity index (χ4v) is 3.37. The Labute approximate surface area is 186 Å². The minimum Gasteiger partial charge on any atom is -0.497 e. The number of rotatable bonds is 7. The number of ether oxygens (including phenoxy) is 2. The molecule has 8 nitrogen and oxygen atoms in total. The monoisotopic (exact) mass is 428 g/mol. The highest BCUT2D eigenvalue weighted by atomic mass is 16.5. The predicted molar refractivity (Wildman–Crippen MR) is 125 cm³/mol. The molecule has 0 aliphatic rings. The van der Waals surface area contributed by atoms with E-state index < -0.39 is 0 Å². The Morgan fingerprint density at radius 2 is 1.94 bits per heavy atom. The smallest absolute Gasteiger partial charge is 0.217 e. The maximum atomic E-state index is 6.10. The summed E-state index contributed by atoms with van der Waals surface area (Å²) in [7, 11) is 3.35. The maximum absolute atomic E-state index is 6.10. The molecule has 162 valence electrons. The van der Waals surface area contributed by atoms with Gasteiger partial charge in [0.05, 0.1) is 24.7 Å². The molecule has 0 aliphatic carbocycles. The Morgan fingerprint density at radius 3 is 2.66 bits per heavy atom. The van der Waals surface area contributed by atoms with Crippen LogP contribution in [0.5, 0.6) is 11.6 Å². The summed E-state index contributed by atoms with van der Waals surface area (Å²) in [5.74, 6) is 1.23. The fourth-order valence-electron chi connectivity index (χ4n) is 3.37. The van der Waals surface area contributed by atoms with Crippen LogP contribution in [0.25, 0.3) is 22.6 Å². The largest absolute Gasteiger partial charge is 0.497 e. The Morgan fingerprint density at radius 1 is 1.12 bits per heavy atom. The number of fused-ring (bicyclic) bond motifs is 1. The molecule has 32 heavy (non-hydrogen) atoms. The van der Waals surface area contributed by atoms with Crippen molar-refractivity contribution in [1.29, 1.82) is 0 Å². The van der Waals surface area contributed by atoms with E-state index in [0.29, 0.717) is 11.6 Å². The van der Waals surface area contributed by atoms with Gasteiger partial charge in [0, 0.05) is 43.4 Å². The lowest BCUT2D eigenvalue weighted by molar-refractivity contribution is 0.217. The molecule has 0 saturated heterocycles. The standard InChI is InChI=1S/C24H24N6O2/c1-16(17-4-6-18(7-5-17)19(12-25)13-26-2)32-24-11-21(28-15-29-24)22-14-27-23-10-20(31-3)8-9-30(22)23/h4-16H,25H2,1-3H3/b19-12+,26-13?. The van der Waals surface area contributed by atoms with Crippen molar-refractivity contribution in [2.45, 2.75) is 13.0 Å². The first-order chi connectivity index (χ1) is 15.6. The van der Waals surface area contributed by atoms with Gasteiger partial charge in [0.1, 0.15) is 23.8 Å². The van der Waals surface area contributed by atoms with Gasteiger partial charge in [0.2, 0.25) is 5.88 Å². The molecule has 0 amide bonds. The Kier molecular flexibility index (Phi) is 6.12. The van der Waals surface area contributed by atoms with Gasteiger partial charge in [-0.3, -0.25) is 9.39 Å². The van der Waals surface area contributed by atoms with E-state index in [9.17, 15) is 0 Å². The predicted octanol–water partition coefficient (Wildman–Crippen LogP) is 3.94.